The zero-order chi connectivity index (χ0) is 11.3. The fourth-order valence-corrected chi connectivity index (χ4v) is 1.84. The third-order valence-corrected chi connectivity index (χ3v) is 2.79. The molecule has 5 nitrogen and oxygen atoms in total. The lowest BCUT2D eigenvalue weighted by Crippen LogP contribution is -2.40. The fraction of sp³-hybridized carbons (Fsp3) is 0.800. The predicted octanol–water partition coefficient (Wildman–Crippen LogP) is -0.0809. The molecule has 2 N–H and O–H groups in total. The first-order valence-electron chi connectivity index (χ1n) is 5.29. The number of hydrogen-bond donors (Lipinski definition) is 2. The van der Waals surface area contributed by atoms with Crippen LogP contribution in [0.15, 0.2) is 0 Å². The first-order chi connectivity index (χ1) is 7.13. The van der Waals surface area contributed by atoms with E-state index in [4.69, 9.17) is 5.11 Å². The van der Waals surface area contributed by atoms with E-state index in [1.165, 1.54) is 0 Å². The molecular formula is C10H18N2O3. The van der Waals surface area contributed by atoms with Crippen LogP contribution in [0, 0.1) is 5.92 Å². The van der Waals surface area contributed by atoms with E-state index in [1.807, 2.05) is 0 Å². The lowest BCUT2D eigenvalue weighted by molar-refractivity contribution is -0.143. The van der Waals surface area contributed by atoms with Gasteiger partial charge >= 0.3 is 5.97 Å². The molecule has 1 atom stereocenters. The molecule has 0 aromatic heterocycles. The number of likely N-dealkylation sites (tertiary alicyclic amines) is 1. The van der Waals surface area contributed by atoms with Crippen molar-refractivity contribution >= 4 is 11.9 Å². The normalized spacial score (nSPS) is 22.3. The topological polar surface area (TPSA) is 69.6 Å². The zero-order valence-corrected chi connectivity index (χ0v) is 9.03. The summed E-state index contributed by atoms with van der Waals surface area (Å²) in [5, 5.41) is 11.4. The van der Waals surface area contributed by atoms with Gasteiger partial charge in [0.1, 0.15) is 0 Å². The summed E-state index contributed by atoms with van der Waals surface area (Å²) in [6.45, 7) is 2.14. The number of amides is 1. The zero-order valence-electron chi connectivity index (χ0n) is 9.03. The van der Waals surface area contributed by atoms with Crippen molar-refractivity contribution in [2.24, 2.45) is 5.92 Å². The van der Waals surface area contributed by atoms with Crippen molar-refractivity contribution in [2.45, 2.75) is 19.3 Å². The summed E-state index contributed by atoms with van der Waals surface area (Å²) in [6, 6.07) is 0. The molecule has 1 saturated heterocycles. The minimum atomic E-state index is -0.723. The van der Waals surface area contributed by atoms with Crippen LogP contribution in [-0.2, 0) is 9.59 Å². The van der Waals surface area contributed by atoms with Crippen molar-refractivity contribution in [1.29, 1.82) is 0 Å². The van der Waals surface area contributed by atoms with Crippen molar-refractivity contribution in [3.8, 4) is 0 Å². The van der Waals surface area contributed by atoms with E-state index < -0.39 is 5.97 Å². The van der Waals surface area contributed by atoms with E-state index in [1.54, 1.807) is 7.05 Å². The highest BCUT2D eigenvalue weighted by molar-refractivity contribution is 5.75. The van der Waals surface area contributed by atoms with Gasteiger partial charge in [0.05, 0.1) is 5.92 Å². The number of nitrogens with zero attached hydrogens (tertiary/aromatic N) is 1. The Balaban J connectivity index is 2.30. The van der Waals surface area contributed by atoms with Gasteiger partial charge in [0, 0.05) is 26.6 Å². The molecule has 0 aliphatic carbocycles. The Morgan fingerprint density at radius 1 is 1.53 bits per heavy atom. The van der Waals surface area contributed by atoms with Crippen LogP contribution in [0.1, 0.15) is 19.3 Å². The van der Waals surface area contributed by atoms with Gasteiger partial charge in [-0.1, -0.05) is 0 Å². The van der Waals surface area contributed by atoms with Gasteiger partial charge in [0.2, 0.25) is 5.91 Å². The summed E-state index contributed by atoms with van der Waals surface area (Å²) in [5.41, 5.74) is 0. The van der Waals surface area contributed by atoms with Crippen molar-refractivity contribution in [2.75, 3.05) is 26.7 Å². The number of aliphatic carboxylic acids is 1. The molecule has 15 heavy (non-hydrogen) atoms. The van der Waals surface area contributed by atoms with Crippen LogP contribution in [0.4, 0.5) is 0 Å². The third-order valence-electron chi connectivity index (χ3n) is 2.79. The Hall–Kier alpha value is -1.10. The second-order valence-electron chi connectivity index (χ2n) is 3.90. The van der Waals surface area contributed by atoms with E-state index in [9.17, 15) is 9.59 Å². The standard InChI is InChI=1S/C10H18N2O3/c1-11-9(13)4-6-12-5-2-3-8(7-12)10(14)15/h8H,2-7H2,1H3,(H,11,13)(H,14,15). The van der Waals surface area contributed by atoms with Crippen LogP contribution >= 0.6 is 0 Å². The molecule has 0 aromatic rings. The van der Waals surface area contributed by atoms with Crippen molar-refractivity contribution in [3.63, 3.8) is 0 Å². The fourth-order valence-electron chi connectivity index (χ4n) is 1.84. The summed E-state index contributed by atoms with van der Waals surface area (Å²) >= 11 is 0. The predicted molar refractivity (Wildman–Crippen MR) is 55.5 cm³/mol. The SMILES string of the molecule is CNC(=O)CCN1CCCC(C(=O)O)C1. The maximum atomic E-state index is 11.0. The van der Waals surface area contributed by atoms with Crippen molar-refractivity contribution in [1.82, 2.24) is 10.2 Å². The van der Waals surface area contributed by atoms with Crippen LogP contribution in [0.2, 0.25) is 0 Å². The molecule has 5 heteroatoms. The molecule has 1 unspecified atom stereocenters. The summed E-state index contributed by atoms with van der Waals surface area (Å²) in [5.74, 6) is -0.976. The lowest BCUT2D eigenvalue weighted by Gasteiger charge is -2.30. The van der Waals surface area contributed by atoms with E-state index in [0.717, 1.165) is 19.4 Å². The van der Waals surface area contributed by atoms with Gasteiger partial charge in [-0.05, 0) is 19.4 Å². The number of hydrogen-bond acceptors (Lipinski definition) is 3. The van der Waals surface area contributed by atoms with Crippen molar-refractivity contribution < 1.29 is 14.7 Å². The largest absolute Gasteiger partial charge is 0.481 e. The van der Waals surface area contributed by atoms with E-state index in [2.05, 4.69) is 10.2 Å². The average Bonchev–Trinajstić information content (AvgIpc) is 2.26. The second-order valence-corrected chi connectivity index (χ2v) is 3.90. The molecule has 0 aromatic carbocycles. The molecule has 0 saturated carbocycles. The Morgan fingerprint density at radius 3 is 2.87 bits per heavy atom. The number of carboxylic acid groups (broad SMARTS) is 1. The van der Waals surface area contributed by atoms with Crippen LogP contribution in [-0.4, -0.2) is 48.6 Å². The Morgan fingerprint density at radius 2 is 2.27 bits per heavy atom. The maximum Gasteiger partial charge on any atom is 0.307 e. The molecule has 0 bridgehead atoms. The average molecular weight is 214 g/mol. The third kappa shape index (κ3) is 3.87. The molecule has 1 fully saturated rings. The molecule has 86 valence electrons. The molecule has 0 spiro atoms. The van der Waals surface area contributed by atoms with Crippen LogP contribution in [0.3, 0.4) is 0 Å². The highest BCUT2D eigenvalue weighted by atomic mass is 16.4. The summed E-state index contributed by atoms with van der Waals surface area (Å²) in [4.78, 5) is 23.9. The smallest absolute Gasteiger partial charge is 0.307 e. The van der Waals surface area contributed by atoms with E-state index >= 15 is 0 Å². The van der Waals surface area contributed by atoms with Crippen LogP contribution < -0.4 is 5.32 Å². The maximum absolute atomic E-state index is 11.0. The number of nitrogens with one attached hydrogen (secondary N) is 1. The number of rotatable bonds is 4. The Kier molecular flexibility index (Phi) is 4.55. The van der Waals surface area contributed by atoms with Gasteiger partial charge in [-0.2, -0.15) is 0 Å². The summed E-state index contributed by atoms with van der Waals surface area (Å²) in [6.07, 6.45) is 2.11. The Bertz CT molecular complexity index is 243. The molecule has 1 heterocycles. The number of piperidine rings is 1. The van der Waals surface area contributed by atoms with E-state index in [-0.39, 0.29) is 11.8 Å². The molecule has 0 radical (unpaired) electrons. The minimum absolute atomic E-state index is 0.00690. The minimum Gasteiger partial charge on any atom is -0.481 e. The van der Waals surface area contributed by atoms with Gasteiger partial charge < -0.3 is 15.3 Å². The number of carbonyl (C=O) groups is 2. The van der Waals surface area contributed by atoms with Gasteiger partial charge in [0.25, 0.3) is 0 Å². The highest BCUT2D eigenvalue weighted by Gasteiger charge is 2.25. The summed E-state index contributed by atoms with van der Waals surface area (Å²) < 4.78 is 0. The van der Waals surface area contributed by atoms with Crippen LogP contribution in [0.25, 0.3) is 0 Å². The van der Waals surface area contributed by atoms with Gasteiger partial charge in [-0.25, -0.2) is 0 Å². The molecule has 1 aliphatic rings. The summed E-state index contributed by atoms with van der Waals surface area (Å²) in [7, 11) is 1.61. The highest BCUT2D eigenvalue weighted by Crippen LogP contribution is 2.16. The first kappa shape index (κ1) is 12.0. The van der Waals surface area contributed by atoms with Gasteiger partial charge in [0.15, 0.2) is 0 Å². The van der Waals surface area contributed by atoms with Gasteiger partial charge in [-0.15, -0.1) is 0 Å². The second kappa shape index (κ2) is 5.70. The molecule has 1 rings (SSSR count). The Labute approximate surface area is 89.4 Å². The number of carboxylic acids is 1. The van der Waals surface area contributed by atoms with E-state index in [0.29, 0.717) is 19.5 Å². The van der Waals surface area contributed by atoms with Crippen LogP contribution in [0.5, 0.6) is 0 Å². The number of carbonyl (C=O) groups excluding carboxylic acids is 1. The molecule has 1 amide bonds. The quantitative estimate of drug-likeness (QED) is 0.686. The van der Waals surface area contributed by atoms with Crippen molar-refractivity contribution in [3.05, 3.63) is 0 Å². The lowest BCUT2D eigenvalue weighted by atomic mass is 9.98. The molecule has 1 aliphatic heterocycles. The monoisotopic (exact) mass is 214 g/mol. The molecular weight excluding hydrogens is 196 g/mol. The first-order valence-corrected chi connectivity index (χ1v) is 5.29. The van der Waals surface area contributed by atoms with Gasteiger partial charge in [-0.3, -0.25) is 9.59 Å².